The molecule has 7 aromatic rings. The fourth-order valence-electron chi connectivity index (χ4n) is 11.6. The predicted molar refractivity (Wildman–Crippen MR) is 328 cm³/mol. The summed E-state index contributed by atoms with van der Waals surface area (Å²) in [7, 11) is -21.7. The molecule has 5 aliphatic heterocycles. The van der Waals surface area contributed by atoms with Gasteiger partial charge in [-0.25, -0.2) is 52.6 Å². The van der Waals surface area contributed by atoms with E-state index in [1.54, 1.807) is 0 Å². The van der Waals surface area contributed by atoms with Crippen LogP contribution in [0.4, 0.5) is 23.4 Å². The van der Waals surface area contributed by atoms with Crippen molar-refractivity contribution in [2.45, 2.75) is 138 Å². The third-order valence-electron chi connectivity index (χ3n) is 16.4. The summed E-state index contributed by atoms with van der Waals surface area (Å²) >= 11 is 0. The van der Waals surface area contributed by atoms with Crippen molar-refractivity contribution in [2.75, 3.05) is 56.0 Å². The first-order chi connectivity index (χ1) is 47.3. The number of rotatable bonds is 27. The number of hydrogen-bond donors (Lipinski definition) is 13. The van der Waals surface area contributed by atoms with Gasteiger partial charge in [0.15, 0.2) is 22.6 Å². The van der Waals surface area contributed by atoms with Crippen LogP contribution in [-0.4, -0.2) is 197 Å². The van der Waals surface area contributed by atoms with Crippen molar-refractivity contribution in [1.82, 2.24) is 67.7 Å². The molecule has 100 heavy (non-hydrogen) atoms. The lowest BCUT2D eigenvalue weighted by Crippen LogP contribution is -2.33. The molecular formula is C49H64N18O29P4. The van der Waals surface area contributed by atoms with Crippen molar-refractivity contribution in [3.05, 3.63) is 107 Å². The summed E-state index contributed by atoms with van der Waals surface area (Å²) in [5, 5.41) is 31.1. The van der Waals surface area contributed by atoms with Crippen molar-refractivity contribution < 1.29 is 113 Å². The topological polar surface area (TPSA) is 666 Å². The molecule has 5 saturated heterocycles. The van der Waals surface area contributed by atoms with E-state index in [1.807, 2.05) is 0 Å². The largest absolute Gasteiger partial charge is 0.472 e. The molecule has 17 N–H and O–H groups in total. The Hall–Kier alpha value is -7.34. The van der Waals surface area contributed by atoms with Crippen LogP contribution in [0.15, 0.2) is 67.6 Å². The molecule has 47 nitrogen and oxygen atoms in total. The third kappa shape index (κ3) is 16.0. The molecule has 7 aromatic heterocycles. The average Bonchev–Trinajstić information content (AvgIpc) is 1.63. The molecule has 0 aliphatic carbocycles. The maximum atomic E-state index is 14.2. The molecule has 0 amide bonds. The molecule has 544 valence electrons. The van der Waals surface area contributed by atoms with Crippen LogP contribution in [0.2, 0.25) is 0 Å². The van der Waals surface area contributed by atoms with Crippen LogP contribution in [0, 0.1) is 6.92 Å². The molecule has 0 saturated carbocycles. The molecule has 4 unspecified atom stereocenters. The molecule has 19 atom stereocenters. The Bertz CT molecular complexity index is 4730. The molecule has 5 fully saturated rings. The van der Waals surface area contributed by atoms with E-state index in [2.05, 4.69) is 44.9 Å². The zero-order valence-corrected chi connectivity index (χ0v) is 55.1. The van der Waals surface area contributed by atoms with Gasteiger partial charge in [0.2, 0.25) is 5.95 Å². The van der Waals surface area contributed by atoms with Gasteiger partial charge < -0.3 is 81.5 Å². The maximum absolute atomic E-state index is 14.2. The van der Waals surface area contributed by atoms with Crippen molar-refractivity contribution in [1.29, 1.82) is 0 Å². The zero-order valence-electron chi connectivity index (χ0n) is 51.6. The van der Waals surface area contributed by atoms with Crippen LogP contribution in [0.25, 0.3) is 22.3 Å². The van der Waals surface area contributed by atoms with Gasteiger partial charge in [0, 0.05) is 61.8 Å². The number of nitrogens with one attached hydrogen (secondary N) is 2. The van der Waals surface area contributed by atoms with E-state index < -0.39 is 211 Å². The highest BCUT2D eigenvalue weighted by atomic mass is 31.2. The summed E-state index contributed by atoms with van der Waals surface area (Å²) in [4.78, 5) is 141. The van der Waals surface area contributed by atoms with Crippen molar-refractivity contribution in [2.24, 2.45) is 0 Å². The van der Waals surface area contributed by atoms with E-state index in [4.69, 9.17) is 82.8 Å². The number of aliphatic hydroxyl groups excluding tert-OH is 3. The van der Waals surface area contributed by atoms with Gasteiger partial charge in [-0.05, 0) is 13.0 Å². The van der Waals surface area contributed by atoms with E-state index in [0.29, 0.717) is 0 Å². The van der Waals surface area contributed by atoms with Gasteiger partial charge in [-0.3, -0.25) is 78.6 Å². The fraction of sp³-hybridized carbons (Fsp3) is 0.551. The Kier molecular flexibility index (Phi) is 20.9. The molecule has 51 heteroatoms. The first-order valence-corrected chi connectivity index (χ1v) is 35.8. The van der Waals surface area contributed by atoms with Crippen LogP contribution >= 0.6 is 31.3 Å². The Morgan fingerprint density at radius 3 is 1.55 bits per heavy atom. The number of aliphatic hydroxyl groups is 3. The van der Waals surface area contributed by atoms with Gasteiger partial charge in [0.25, 0.3) is 11.1 Å². The first-order valence-electron chi connectivity index (χ1n) is 29.8. The summed E-state index contributed by atoms with van der Waals surface area (Å²) < 4.78 is 134. The molecule has 5 aliphatic rings. The number of aromatic amines is 2. The summed E-state index contributed by atoms with van der Waals surface area (Å²) in [5.41, 5.74) is 19.0. The van der Waals surface area contributed by atoms with E-state index >= 15 is 0 Å². The monoisotopic (exact) mass is 1490 g/mol. The smallest absolute Gasteiger partial charge is 0.394 e. The third-order valence-corrected chi connectivity index (χ3v) is 20.5. The lowest BCUT2D eigenvalue weighted by atomic mass is 10.2. The fourth-order valence-corrected chi connectivity index (χ4v) is 15.4. The quantitative estimate of drug-likeness (QED) is 0.0228. The highest BCUT2D eigenvalue weighted by Crippen LogP contribution is 2.55. The number of anilines is 4. The lowest BCUT2D eigenvalue weighted by molar-refractivity contribution is -0.0645. The molecule has 0 spiro atoms. The normalized spacial score (nSPS) is 29.5. The van der Waals surface area contributed by atoms with E-state index in [9.17, 15) is 77.1 Å². The standard InChI is InChI=1S/C49H64N18O29P4/c1-20-9-64(49(75)62-44(20)71)35-5-23(27(12-69)88-35)93-98(78,79)85-14-29-24(6-34(90-29)63-3-2-32(50)58-47(63)73)94-99(80,81)86-15-30-25(7-36(91-30)65-10-21(11-68)40(51)59-48(65)74)95-100(82,83)87-16-31-26(8-37(92-31)67-19-57-39-43(67)60-46(53)61-45(39)72)96-97(76,77)84-13-28-22(70)4-33(89-28)66-18-56-38-41(52)54-17-55-42(38)66/h2-3,9-10,17-19,22-31,33-37,68-70H,4-8,11-16H2,1H3,(H,76,77)(H,78,79)(H,80,81)(H,82,83)(H2,50,58,73)(H2,51,59,74)(H2,52,54,55)(H,62,71,75)(H3,53,60,61,72)/t22-,23-,24-,25-,26-,27+,28+,29+,30+,31+,33+,34+,35+,36+,37+/m0/s1. The number of nitrogen functional groups attached to an aromatic ring is 4. The van der Waals surface area contributed by atoms with Crippen molar-refractivity contribution in [3.8, 4) is 0 Å². The van der Waals surface area contributed by atoms with Gasteiger partial charge in [-0.2, -0.15) is 15.0 Å². The van der Waals surface area contributed by atoms with E-state index in [-0.39, 0.29) is 69.7 Å². The molecule has 12 rings (SSSR count). The number of hydrogen-bond acceptors (Lipinski definition) is 36. The minimum absolute atomic E-state index is 0.0629. The molecule has 0 radical (unpaired) electrons. The maximum Gasteiger partial charge on any atom is 0.472 e. The Balaban J connectivity index is 0.740. The first kappa shape index (κ1) is 72.4. The summed E-state index contributed by atoms with van der Waals surface area (Å²) in [6, 6.07) is 1.21. The number of imidazole rings is 2. The number of phosphoric ester groups is 4. The van der Waals surface area contributed by atoms with Gasteiger partial charge >= 0.3 is 48.4 Å². The summed E-state index contributed by atoms with van der Waals surface area (Å²) in [5.74, 6) is -0.849. The number of ether oxygens (including phenoxy) is 5. The number of aryl methyl sites for hydroxylation is 1. The van der Waals surface area contributed by atoms with Gasteiger partial charge in [0.05, 0.1) is 58.4 Å². The average molecular weight is 1490 g/mol. The zero-order chi connectivity index (χ0) is 71.5. The number of nitrogens with two attached hydrogens (primary N) is 4. The van der Waals surface area contributed by atoms with Crippen molar-refractivity contribution in [3.63, 3.8) is 0 Å². The van der Waals surface area contributed by atoms with E-state index in [1.165, 1.54) is 41.0 Å². The van der Waals surface area contributed by atoms with Crippen molar-refractivity contribution >= 4 is 77.0 Å². The Morgan fingerprint density at radius 1 is 0.530 bits per heavy atom. The Labute approximate surface area is 556 Å². The summed E-state index contributed by atoms with van der Waals surface area (Å²) in [6.45, 7) is -4.07. The summed E-state index contributed by atoms with van der Waals surface area (Å²) in [6.07, 6.45) is -16.9. The van der Waals surface area contributed by atoms with Crippen LogP contribution in [0.3, 0.4) is 0 Å². The Morgan fingerprint density at radius 2 is 1.00 bits per heavy atom. The molecule has 0 aromatic carbocycles. The van der Waals surface area contributed by atoms with E-state index in [0.717, 1.165) is 32.4 Å². The number of fused-ring (bicyclic) bond motifs is 2. The molecule has 0 bridgehead atoms. The second kappa shape index (κ2) is 28.8. The number of aromatic nitrogens is 14. The second-order valence-corrected chi connectivity index (χ2v) is 28.7. The minimum atomic E-state index is -5.56. The van der Waals surface area contributed by atoms with Crippen LogP contribution < -0.4 is 51.1 Å². The number of phosphoric acid groups is 4. The van der Waals surface area contributed by atoms with Crippen LogP contribution in [-0.2, 0) is 84.7 Å². The number of nitrogens with zero attached hydrogens (tertiary/aromatic N) is 12. The minimum Gasteiger partial charge on any atom is -0.394 e. The predicted octanol–water partition coefficient (Wildman–Crippen LogP) is -3.05. The lowest BCUT2D eigenvalue weighted by Gasteiger charge is -2.25. The van der Waals surface area contributed by atoms with Crippen LogP contribution in [0.5, 0.6) is 0 Å². The second-order valence-electron chi connectivity index (χ2n) is 23.1. The highest BCUT2D eigenvalue weighted by Gasteiger charge is 2.50. The number of H-pyrrole nitrogens is 2. The van der Waals surface area contributed by atoms with Gasteiger partial charge in [-0.15, -0.1) is 0 Å². The SMILES string of the molecule is Cc1cn([C@H]2C[C@H](OP(=O)(O)OC[C@H]3O[C@@H](n4ccc(N)nc4=O)C[C@@H]3OP(=O)(O)OC[C@H]3O[C@@H](n4cc(CO)c(N)nc4=O)C[C@@H]3OP(=O)(O)OC[C@H]3O[C@@H](n4cnc5c(=O)[nH]c(N)nc54)C[C@@H]3OP(=O)(O)OC[C@H]3O[C@@H](n4cnc5c(N)ncnc54)C[C@@H]3O)[C@@H](CO)O2)c(=O)[nH]c1=O. The van der Waals surface area contributed by atoms with Gasteiger partial charge in [0.1, 0.15) is 110 Å². The highest BCUT2D eigenvalue weighted by molar-refractivity contribution is 7.48. The van der Waals surface area contributed by atoms with Crippen LogP contribution in [0.1, 0.15) is 74.4 Å². The molecule has 12 heterocycles. The van der Waals surface area contributed by atoms with Gasteiger partial charge in [-0.1, -0.05) is 0 Å². The molecular weight excluding hydrogens is 1430 g/mol.